The number of unbranched alkanes of at least 4 members (excludes halogenated alkanes) is 3. The smallest absolute Gasteiger partial charge is 1.00 e. The minimum atomic E-state index is -0.230. The number of rotatable bonds is 10. The van der Waals surface area contributed by atoms with Gasteiger partial charge in [-0.3, -0.25) is 14.4 Å². The van der Waals surface area contributed by atoms with E-state index >= 15 is 0 Å². The number of esters is 1. The molecule has 0 spiro atoms. The average molecular weight is 385 g/mol. The van der Waals surface area contributed by atoms with Gasteiger partial charge in [0.15, 0.2) is 5.78 Å². The van der Waals surface area contributed by atoms with Crippen LogP contribution in [0.1, 0.15) is 72.6 Å². The van der Waals surface area contributed by atoms with Crippen molar-refractivity contribution in [2.45, 2.75) is 77.2 Å². The quantitative estimate of drug-likeness (QED) is 0.181. The van der Waals surface area contributed by atoms with Gasteiger partial charge in [0.05, 0.1) is 19.7 Å². The summed E-state index contributed by atoms with van der Waals surface area (Å²) in [5.74, 6) is 6.02. The predicted molar refractivity (Wildman–Crippen MR) is 102 cm³/mol. The van der Waals surface area contributed by atoms with Crippen molar-refractivity contribution in [2.24, 2.45) is 0 Å². The molecule has 5 nitrogen and oxygen atoms in total. The van der Waals surface area contributed by atoms with E-state index in [9.17, 15) is 14.4 Å². The summed E-state index contributed by atoms with van der Waals surface area (Å²) < 4.78 is 4.58. The number of nitrogens with zero attached hydrogens (tertiary/aromatic N) is 1. The molecule has 1 atom stereocenters. The molecule has 1 amide bonds. The van der Waals surface area contributed by atoms with E-state index in [0.29, 0.717) is 38.6 Å². The molecule has 0 bridgehead atoms. The standard InChI is InChI=1S/C21H31NO4.Na.H/c1-3-4-7-12-19(23)16-15-18-11-10-13-20(24)22(18)17-9-6-5-8-14-21(25)26-2;;/h15-16,18H,3-5,7-8,10-14,17H2,1-2H3;;/q;+1;-1/t18-;;/m1../s1. The topological polar surface area (TPSA) is 63.7 Å². The molecule has 0 N–H and O–H groups in total. The third-order valence-electron chi connectivity index (χ3n) is 4.43. The van der Waals surface area contributed by atoms with Crippen LogP contribution in [0.15, 0.2) is 12.2 Å². The number of likely N-dealkylation sites (tertiary alicyclic amines) is 1. The zero-order chi connectivity index (χ0) is 19.2. The minimum Gasteiger partial charge on any atom is -1.00 e. The van der Waals surface area contributed by atoms with Gasteiger partial charge in [-0.2, -0.15) is 0 Å². The fourth-order valence-electron chi connectivity index (χ4n) is 2.86. The Morgan fingerprint density at radius 1 is 1.26 bits per heavy atom. The van der Waals surface area contributed by atoms with Crippen molar-refractivity contribution in [3.05, 3.63) is 12.2 Å². The first kappa shape index (κ1) is 25.9. The molecule has 6 heteroatoms. The van der Waals surface area contributed by atoms with Crippen LogP contribution in [-0.2, 0) is 19.1 Å². The Labute approximate surface area is 187 Å². The Morgan fingerprint density at radius 3 is 2.74 bits per heavy atom. The second-order valence-corrected chi connectivity index (χ2v) is 6.55. The van der Waals surface area contributed by atoms with Gasteiger partial charge in [0.25, 0.3) is 0 Å². The number of allylic oxidation sites excluding steroid dienone is 1. The molecule has 1 aliphatic rings. The van der Waals surface area contributed by atoms with Crippen LogP contribution in [0.25, 0.3) is 0 Å². The molecule has 0 aromatic rings. The molecule has 0 radical (unpaired) electrons. The molecule has 1 aliphatic heterocycles. The van der Waals surface area contributed by atoms with E-state index in [0.717, 1.165) is 32.1 Å². The van der Waals surface area contributed by atoms with Gasteiger partial charge in [-0.25, -0.2) is 0 Å². The number of hydrogen-bond donors (Lipinski definition) is 0. The fourth-order valence-corrected chi connectivity index (χ4v) is 2.86. The molecule has 1 rings (SSSR count). The predicted octanol–water partition coefficient (Wildman–Crippen LogP) is 0.536. The summed E-state index contributed by atoms with van der Waals surface area (Å²) in [4.78, 5) is 36.9. The average Bonchev–Trinajstić information content (AvgIpc) is 2.64. The van der Waals surface area contributed by atoms with Crippen molar-refractivity contribution in [2.75, 3.05) is 13.7 Å². The van der Waals surface area contributed by atoms with Gasteiger partial charge < -0.3 is 11.1 Å². The Morgan fingerprint density at radius 2 is 2.04 bits per heavy atom. The molecule has 0 saturated carbocycles. The maximum atomic E-state index is 12.2. The molecule has 0 unspecified atom stereocenters. The molecular weight excluding hydrogens is 353 g/mol. The zero-order valence-corrected chi connectivity index (χ0v) is 19.1. The summed E-state index contributed by atoms with van der Waals surface area (Å²) in [6.07, 6.45) is 11.0. The summed E-state index contributed by atoms with van der Waals surface area (Å²) in [5, 5.41) is 0. The Kier molecular flexibility index (Phi) is 15.3. The third kappa shape index (κ3) is 11.4. The van der Waals surface area contributed by atoms with Crippen LogP contribution in [-0.4, -0.2) is 42.3 Å². The largest absolute Gasteiger partial charge is 1.00 e. The van der Waals surface area contributed by atoms with E-state index in [1.165, 1.54) is 7.11 Å². The number of carbonyl (C=O) groups excluding carboxylic acids is 3. The molecule has 27 heavy (non-hydrogen) atoms. The Balaban J connectivity index is 0. The first-order chi connectivity index (χ1) is 12.6. The number of piperidine rings is 1. The van der Waals surface area contributed by atoms with E-state index in [4.69, 9.17) is 0 Å². The van der Waals surface area contributed by atoms with Gasteiger partial charge in [0.1, 0.15) is 0 Å². The minimum absolute atomic E-state index is 0. The number of ether oxygens (including phenoxy) is 1. The summed E-state index contributed by atoms with van der Waals surface area (Å²) in [7, 11) is 1.37. The SMILES string of the molecule is CCCCCC(=O)C=C[C@H]1CCCC(=O)N1CC#CCCCC(=O)OC.[H-].[Na+]. The van der Waals surface area contributed by atoms with Crippen molar-refractivity contribution < 1.29 is 50.1 Å². The summed E-state index contributed by atoms with van der Waals surface area (Å²) in [6.45, 7) is 2.48. The van der Waals surface area contributed by atoms with Gasteiger partial charge >= 0.3 is 35.5 Å². The second kappa shape index (κ2) is 15.9. The van der Waals surface area contributed by atoms with Gasteiger partial charge in [0.2, 0.25) is 5.91 Å². The zero-order valence-electron chi connectivity index (χ0n) is 18.1. The van der Waals surface area contributed by atoms with Crippen LogP contribution in [0.4, 0.5) is 0 Å². The summed E-state index contributed by atoms with van der Waals surface area (Å²) >= 11 is 0. The van der Waals surface area contributed by atoms with E-state index in [2.05, 4.69) is 23.5 Å². The van der Waals surface area contributed by atoms with E-state index < -0.39 is 0 Å². The number of amides is 1. The maximum absolute atomic E-state index is 12.2. The van der Waals surface area contributed by atoms with Crippen LogP contribution in [0.2, 0.25) is 0 Å². The van der Waals surface area contributed by atoms with E-state index in [1.54, 1.807) is 11.0 Å². The van der Waals surface area contributed by atoms with Crippen LogP contribution < -0.4 is 29.6 Å². The first-order valence-electron chi connectivity index (χ1n) is 9.61. The van der Waals surface area contributed by atoms with Crippen LogP contribution in [0.5, 0.6) is 0 Å². The number of methoxy groups -OCH3 is 1. The molecule has 1 fully saturated rings. The number of carbonyl (C=O) groups is 3. The summed E-state index contributed by atoms with van der Waals surface area (Å²) in [6, 6.07) is -0.0456. The van der Waals surface area contributed by atoms with Crippen molar-refractivity contribution in [3.63, 3.8) is 0 Å². The molecule has 0 aromatic heterocycles. The second-order valence-electron chi connectivity index (χ2n) is 6.55. The Hall–Kier alpha value is -1.09. The molecule has 0 aliphatic carbocycles. The first-order valence-corrected chi connectivity index (χ1v) is 9.61. The van der Waals surface area contributed by atoms with Gasteiger partial charge in [0, 0.05) is 25.7 Å². The number of hydrogen-bond acceptors (Lipinski definition) is 4. The van der Waals surface area contributed by atoms with Crippen molar-refractivity contribution >= 4 is 17.7 Å². The van der Waals surface area contributed by atoms with Crippen molar-refractivity contribution in [1.82, 2.24) is 4.90 Å². The number of ketones is 1. The van der Waals surface area contributed by atoms with Crippen LogP contribution in [0, 0.1) is 11.8 Å². The van der Waals surface area contributed by atoms with E-state index in [-0.39, 0.29) is 54.7 Å². The molecule has 146 valence electrons. The summed E-state index contributed by atoms with van der Waals surface area (Å²) in [5.41, 5.74) is 0. The van der Waals surface area contributed by atoms with Crippen LogP contribution in [0.3, 0.4) is 0 Å². The Bertz CT molecular complexity index is 568. The maximum Gasteiger partial charge on any atom is 1.00 e. The van der Waals surface area contributed by atoms with Gasteiger partial charge in [-0.05, 0) is 31.8 Å². The fraction of sp³-hybridized carbons (Fsp3) is 0.667. The molecule has 1 heterocycles. The van der Waals surface area contributed by atoms with E-state index in [1.807, 2.05) is 6.08 Å². The van der Waals surface area contributed by atoms with Gasteiger partial charge in [-0.1, -0.05) is 31.8 Å². The normalized spacial score (nSPS) is 16.4. The third-order valence-corrected chi connectivity index (χ3v) is 4.43. The molecular formula is C21H32NNaO4. The monoisotopic (exact) mass is 385 g/mol. The van der Waals surface area contributed by atoms with Gasteiger partial charge in [-0.15, -0.1) is 5.92 Å². The van der Waals surface area contributed by atoms with Crippen molar-refractivity contribution in [3.8, 4) is 11.8 Å². The molecule has 0 aromatic carbocycles. The molecule has 1 saturated heterocycles. The van der Waals surface area contributed by atoms with Crippen molar-refractivity contribution in [1.29, 1.82) is 0 Å². The van der Waals surface area contributed by atoms with Crippen LogP contribution >= 0.6 is 0 Å².